The van der Waals surface area contributed by atoms with Crippen LogP contribution in [0.4, 0.5) is 0 Å². The number of carboxylic acid groups (broad SMARTS) is 1. The zero-order valence-electron chi connectivity index (χ0n) is 15.7. The molecule has 7 nitrogen and oxygen atoms in total. The molecule has 29 heavy (non-hydrogen) atoms. The normalized spacial score (nSPS) is 21.6. The van der Waals surface area contributed by atoms with Gasteiger partial charge in [0, 0.05) is 6.92 Å². The van der Waals surface area contributed by atoms with Crippen molar-refractivity contribution in [2.45, 2.75) is 19.4 Å². The topological polar surface area (TPSA) is 101 Å². The Hall–Kier alpha value is -2.17. The van der Waals surface area contributed by atoms with Gasteiger partial charge in [0.15, 0.2) is 9.84 Å². The van der Waals surface area contributed by atoms with Crippen molar-refractivity contribution in [1.29, 1.82) is 0 Å². The highest BCUT2D eigenvalue weighted by molar-refractivity contribution is 8.26. The van der Waals surface area contributed by atoms with Crippen LogP contribution >= 0.6 is 24.0 Å². The summed E-state index contributed by atoms with van der Waals surface area (Å²) in [5.41, 5.74) is 0.852. The highest BCUT2D eigenvalue weighted by atomic mass is 32.2. The van der Waals surface area contributed by atoms with Crippen molar-refractivity contribution in [2.75, 3.05) is 18.1 Å². The summed E-state index contributed by atoms with van der Waals surface area (Å²) in [5, 5.41) is 7.42. The molecule has 3 rings (SSSR count). The average molecular weight is 456 g/mol. The largest absolute Gasteiger partial charge is 0.490 e. The molecule has 1 unspecified atom stereocenters. The van der Waals surface area contributed by atoms with E-state index in [1.165, 1.54) is 16.7 Å². The molecule has 2 aliphatic heterocycles. The van der Waals surface area contributed by atoms with Gasteiger partial charge in [0.1, 0.15) is 16.7 Å². The maximum atomic E-state index is 12.6. The van der Waals surface area contributed by atoms with Crippen LogP contribution in [0.5, 0.6) is 5.75 Å². The fraction of sp³-hybridized carbons (Fsp3) is 0.316. The van der Waals surface area contributed by atoms with Crippen LogP contribution in [0.1, 0.15) is 18.9 Å². The van der Waals surface area contributed by atoms with Crippen molar-refractivity contribution >= 4 is 56.1 Å². The van der Waals surface area contributed by atoms with Gasteiger partial charge < -0.3 is 9.84 Å². The minimum absolute atomic E-state index is 0.0118. The molecule has 0 aliphatic carbocycles. The first-order chi connectivity index (χ1) is 13.6. The van der Waals surface area contributed by atoms with Crippen LogP contribution in [0.2, 0.25) is 0 Å². The van der Waals surface area contributed by atoms with Gasteiger partial charge in [-0.05, 0) is 30.2 Å². The van der Waals surface area contributed by atoms with E-state index in [0.717, 1.165) is 18.2 Å². The van der Waals surface area contributed by atoms with Crippen molar-refractivity contribution in [3.05, 3.63) is 47.4 Å². The highest BCUT2D eigenvalue weighted by Gasteiger charge is 2.42. The smallest absolute Gasteiger partial charge is 0.300 e. The second kappa shape index (κ2) is 10.0. The SMILES string of the molecule is C=CCOc1ccc(/C=C2\SC(=S)N(C3CCS(=O)(=O)C3)C2=O)cc1.CC(=O)O. The van der Waals surface area contributed by atoms with E-state index in [0.29, 0.717) is 22.3 Å². The summed E-state index contributed by atoms with van der Waals surface area (Å²) in [6, 6.07) is 6.99. The average Bonchev–Trinajstić information content (AvgIpc) is 3.12. The molecule has 1 aromatic rings. The molecule has 0 radical (unpaired) electrons. The summed E-state index contributed by atoms with van der Waals surface area (Å²) in [7, 11) is -3.07. The van der Waals surface area contributed by atoms with Crippen LogP contribution in [0.3, 0.4) is 0 Å². The maximum absolute atomic E-state index is 12.6. The number of amides is 1. The minimum Gasteiger partial charge on any atom is -0.490 e. The lowest BCUT2D eigenvalue weighted by Gasteiger charge is -2.20. The van der Waals surface area contributed by atoms with Crippen molar-refractivity contribution in [3.8, 4) is 5.75 Å². The van der Waals surface area contributed by atoms with Gasteiger partial charge in [0.05, 0.1) is 22.5 Å². The number of benzene rings is 1. The predicted molar refractivity (Wildman–Crippen MR) is 118 cm³/mol. The number of hydrogen-bond donors (Lipinski definition) is 1. The van der Waals surface area contributed by atoms with Crippen LogP contribution in [-0.4, -0.2) is 58.8 Å². The van der Waals surface area contributed by atoms with Gasteiger partial charge in [-0.1, -0.05) is 48.8 Å². The minimum atomic E-state index is -3.07. The standard InChI is InChI=1S/C17H17NO4S3.C2H4O2/c1-2-8-22-14-5-3-12(4-6-14)10-15-16(19)18(17(23)24-15)13-7-9-25(20,21)11-13;1-2(3)4/h2-6,10,13H,1,7-9,11H2;1H3,(H,3,4)/b15-10-;. The number of nitrogens with zero attached hydrogens (tertiary/aromatic N) is 1. The van der Waals surface area contributed by atoms with Gasteiger partial charge in [0.25, 0.3) is 11.9 Å². The van der Waals surface area contributed by atoms with E-state index >= 15 is 0 Å². The van der Waals surface area contributed by atoms with Crippen molar-refractivity contribution < 1.29 is 27.9 Å². The molecule has 1 aromatic carbocycles. The Morgan fingerprint density at radius 2 is 2.03 bits per heavy atom. The number of sulfone groups is 1. The molecule has 156 valence electrons. The molecular weight excluding hydrogens is 434 g/mol. The van der Waals surface area contributed by atoms with Gasteiger partial charge in [-0.2, -0.15) is 0 Å². The summed E-state index contributed by atoms with van der Waals surface area (Å²) in [5.74, 6) is -0.230. The molecule has 2 aliphatic rings. The maximum Gasteiger partial charge on any atom is 0.300 e. The molecule has 0 spiro atoms. The second-order valence-electron chi connectivity index (χ2n) is 6.30. The van der Waals surface area contributed by atoms with E-state index < -0.39 is 15.8 Å². The summed E-state index contributed by atoms with van der Waals surface area (Å²) in [4.78, 5) is 23.6. The molecule has 2 heterocycles. The first-order valence-corrected chi connectivity index (χ1v) is 11.7. The Kier molecular flexibility index (Phi) is 8.00. The molecular formula is C19H21NO6S3. The zero-order chi connectivity index (χ0) is 21.6. The molecule has 1 amide bonds. The van der Waals surface area contributed by atoms with Crippen molar-refractivity contribution in [1.82, 2.24) is 4.90 Å². The van der Waals surface area contributed by atoms with Gasteiger partial charge in [-0.15, -0.1) is 0 Å². The number of hydrogen-bond acceptors (Lipinski definition) is 7. The highest BCUT2D eigenvalue weighted by Crippen LogP contribution is 2.36. The third-order valence-electron chi connectivity index (χ3n) is 3.94. The lowest BCUT2D eigenvalue weighted by molar-refractivity contribution is -0.134. The van der Waals surface area contributed by atoms with E-state index in [1.54, 1.807) is 12.2 Å². The Morgan fingerprint density at radius 1 is 1.41 bits per heavy atom. The third-order valence-corrected chi connectivity index (χ3v) is 7.02. The summed E-state index contributed by atoms with van der Waals surface area (Å²) < 4.78 is 29.2. The summed E-state index contributed by atoms with van der Waals surface area (Å²) in [6.07, 6.45) is 3.87. The predicted octanol–water partition coefficient (Wildman–Crippen LogP) is 2.73. The zero-order valence-corrected chi connectivity index (χ0v) is 18.2. The first kappa shape index (κ1) is 23.1. The van der Waals surface area contributed by atoms with Gasteiger partial charge in [-0.3, -0.25) is 14.5 Å². The van der Waals surface area contributed by atoms with Crippen LogP contribution in [-0.2, 0) is 19.4 Å². The van der Waals surface area contributed by atoms with Crippen LogP contribution in [0, 0.1) is 0 Å². The summed E-state index contributed by atoms with van der Waals surface area (Å²) >= 11 is 6.51. The third kappa shape index (κ3) is 6.69. The Bertz CT molecular complexity index is 933. The fourth-order valence-corrected chi connectivity index (χ4v) is 5.84. The van der Waals surface area contributed by atoms with E-state index in [1.807, 2.05) is 24.3 Å². The number of carbonyl (C=O) groups is 2. The number of rotatable bonds is 5. The van der Waals surface area contributed by atoms with E-state index in [9.17, 15) is 13.2 Å². The van der Waals surface area contributed by atoms with E-state index in [4.69, 9.17) is 26.9 Å². The van der Waals surface area contributed by atoms with E-state index in [-0.39, 0.29) is 23.5 Å². The fourth-order valence-electron chi connectivity index (χ4n) is 2.74. The second-order valence-corrected chi connectivity index (χ2v) is 10.2. The molecule has 0 saturated carbocycles. The van der Waals surface area contributed by atoms with Gasteiger partial charge in [0.2, 0.25) is 0 Å². The van der Waals surface area contributed by atoms with Crippen molar-refractivity contribution in [2.24, 2.45) is 0 Å². The van der Waals surface area contributed by atoms with E-state index in [2.05, 4.69) is 6.58 Å². The molecule has 10 heteroatoms. The first-order valence-electron chi connectivity index (χ1n) is 8.63. The molecule has 2 fully saturated rings. The Labute approximate surface area is 179 Å². The molecule has 1 N–H and O–H groups in total. The monoisotopic (exact) mass is 455 g/mol. The molecule has 2 saturated heterocycles. The number of thioether (sulfide) groups is 1. The van der Waals surface area contributed by atoms with Crippen LogP contribution < -0.4 is 4.74 Å². The van der Waals surface area contributed by atoms with Gasteiger partial charge >= 0.3 is 0 Å². The molecule has 0 aromatic heterocycles. The van der Waals surface area contributed by atoms with Crippen LogP contribution in [0.15, 0.2) is 41.8 Å². The van der Waals surface area contributed by atoms with Gasteiger partial charge in [-0.25, -0.2) is 8.42 Å². The molecule has 1 atom stereocenters. The quantitative estimate of drug-likeness (QED) is 0.411. The Morgan fingerprint density at radius 3 is 2.55 bits per heavy atom. The lowest BCUT2D eigenvalue weighted by atomic mass is 10.2. The van der Waals surface area contributed by atoms with Crippen molar-refractivity contribution in [3.63, 3.8) is 0 Å². The summed E-state index contributed by atoms with van der Waals surface area (Å²) in [6.45, 7) is 5.11. The number of carbonyl (C=O) groups excluding carboxylic acids is 1. The number of ether oxygens (including phenoxy) is 1. The Balaban J connectivity index is 0.000000687. The molecule has 0 bridgehead atoms. The lowest BCUT2D eigenvalue weighted by Crippen LogP contribution is -2.39. The van der Waals surface area contributed by atoms with Crippen LogP contribution in [0.25, 0.3) is 6.08 Å². The number of carboxylic acids is 1. The number of aliphatic carboxylic acids is 1. The number of thiocarbonyl (C=S) groups is 1.